The standard InChI is InChI=1S/C14H15N3O4/c1-9(7-12(18)21-2)16-13(19)10-8-15-11-5-3-4-6-17(11)14(10)20/h3-6,8-9H,7H2,1-2H3,(H,16,19). The average Bonchev–Trinajstić information content (AvgIpc) is 2.47. The molecule has 1 amide bonds. The topological polar surface area (TPSA) is 89.8 Å². The van der Waals surface area contributed by atoms with Gasteiger partial charge in [0.2, 0.25) is 0 Å². The van der Waals surface area contributed by atoms with Crippen LogP contribution in [0.3, 0.4) is 0 Å². The average molecular weight is 289 g/mol. The summed E-state index contributed by atoms with van der Waals surface area (Å²) in [5.74, 6) is -1.00. The van der Waals surface area contributed by atoms with E-state index in [1.165, 1.54) is 17.7 Å². The Kier molecular flexibility index (Phi) is 4.32. The highest BCUT2D eigenvalue weighted by Gasteiger charge is 2.17. The number of esters is 1. The van der Waals surface area contributed by atoms with Crippen LogP contribution < -0.4 is 10.9 Å². The minimum atomic E-state index is -0.567. The van der Waals surface area contributed by atoms with E-state index in [4.69, 9.17) is 0 Å². The second-order valence-corrected chi connectivity index (χ2v) is 4.56. The van der Waals surface area contributed by atoms with Crippen molar-refractivity contribution in [3.63, 3.8) is 0 Å². The van der Waals surface area contributed by atoms with E-state index < -0.39 is 23.5 Å². The van der Waals surface area contributed by atoms with Gasteiger partial charge in [-0.3, -0.25) is 18.8 Å². The van der Waals surface area contributed by atoms with Crippen molar-refractivity contribution in [1.29, 1.82) is 0 Å². The summed E-state index contributed by atoms with van der Waals surface area (Å²) >= 11 is 0. The van der Waals surface area contributed by atoms with Crippen LogP contribution in [0, 0.1) is 0 Å². The summed E-state index contributed by atoms with van der Waals surface area (Å²) in [6.07, 6.45) is 2.81. The van der Waals surface area contributed by atoms with Crippen molar-refractivity contribution in [2.24, 2.45) is 0 Å². The lowest BCUT2D eigenvalue weighted by Gasteiger charge is -2.12. The third kappa shape index (κ3) is 3.25. The molecule has 0 aliphatic heterocycles. The fourth-order valence-electron chi connectivity index (χ4n) is 1.87. The molecule has 0 fully saturated rings. The summed E-state index contributed by atoms with van der Waals surface area (Å²) in [6.45, 7) is 1.65. The Bertz CT molecular complexity index is 738. The van der Waals surface area contributed by atoms with Gasteiger partial charge in [0, 0.05) is 18.4 Å². The molecule has 0 saturated heterocycles. The molecule has 7 heteroatoms. The molecule has 0 spiro atoms. The maximum absolute atomic E-state index is 12.2. The zero-order valence-electron chi connectivity index (χ0n) is 11.7. The van der Waals surface area contributed by atoms with E-state index in [0.717, 1.165) is 0 Å². The summed E-state index contributed by atoms with van der Waals surface area (Å²) in [6, 6.07) is 4.65. The number of nitrogens with one attached hydrogen (secondary N) is 1. The van der Waals surface area contributed by atoms with E-state index in [9.17, 15) is 14.4 Å². The van der Waals surface area contributed by atoms with Crippen molar-refractivity contribution < 1.29 is 14.3 Å². The van der Waals surface area contributed by atoms with Crippen LogP contribution in [-0.4, -0.2) is 34.4 Å². The van der Waals surface area contributed by atoms with Crippen LogP contribution in [-0.2, 0) is 9.53 Å². The number of aromatic nitrogens is 2. The number of carbonyl (C=O) groups is 2. The Balaban J connectivity index is 2.22. The third-order valence-electron chi connectivity index (χ3n) is 2.94. The molecule has 7 nitrogen and oxygen atoms in total. The van der Waals surface area contributed by atoms with Crippen LogP contribution in [0.25, 0.3) is 5.65 Å². The number of ether oxygens (including phenoxy) is 1. The van der Waals surface area contributed by atoms with Crippen molar-refractivity contribution in [3.05, 3.63) is 46.5 Å². The van der Waals surface area contributed by atoms with E-state index in [1.807, 2.05) is 0 Å². The number of carbonyl (C=O) groups excluding carboxylic acids is 2. The van der Waals surface area contributed by atoms with Gasteiger partial charge in [0.25, 0.3) is 11.5 Å². The van der Waals surface area contributed by atoms with Gasteiger partial charge in [-0.25, -0.2) is 4.98 Å². The second kappa shape index (κ2) is 6.17. The number of methoxy groups -OCH3 is 1. The molecule has 0 radical (unpaired) electrons. The van der Waals surface area contributed by atoms with Crippen molar-refractivity contribution in [2.45, 2.75) is 19.4 Å². The predicted molar refractivity (Wildman–Crippen MR) is 75.0 cm³/mol. The Morgan fingerprint density at radius 2 is 2.19 bits per heavy atom. The first-order valence-corrected chi connectivity index (χ1v) is 6.37. The van der Waals surface area contributed by atoms with Crippen LogP contribution in [0.1, 0.15) is 23.7 Å². The molecule has 1 unspecified atom stereocenters. The van der Waals surface area contributed by atoms with Gasteiger partial charge in [-0.15, -0.1) is 0 Å². The fourth-order valence-corrected chi connectivity index (χ4v) is 1.87. The molecule has 0 aliphatic carbocycles. The lowest BCUT2D eigenvalue weighted by Crippen LogP contribution is -2.38. The Hall–Kier alpha value is -2.70. The molecule has 2 rings (SSSR count). The maximum Gasteiger partial charge on any atom is 0.307 e. The van der Waals surface area contributed by atoms with Crippen molar-refractivity contribution in [3.8, 4) is 0 Å². The van der Waals surface area contributed by atoms with Crippen LogP contribution in [0.2, 0.25) is 0 Å². The predicted octanol–water partition coefficient (Wildman–Crippen LogP) is 0.376. The third-order valence-corrected chi connectivity index (χ3v) is 2.94. The molecule has 21 heavy (non-hydrogen) atoms. The smallest absolute Gasteiger partial charge is 0.307 e. The Morgan fingerprint density at radius 3 is 2.90 bits per heavy atom. The van der Waals surface area contributed by atoms with E-state index in [0.29, 0.717) is 5.65 Å². The van der Waals surface area contributed by atoms with Gasteiger partial charge in [0.15, 0.2) is 0 Å². The normalized spacial score (nSPS) is 11.9. The number of rotatable bonds is 4. The number of amides is 1. The highest BCUT2D eigenvalue weighted by atomic mass is 16.5. The molecule has 0 aliphatic rings. The van der Waals surface area contributed by atoms with Gasteiger partial charge in [-0.2, -0.15) is 0 Å². The molecule has 1 atom stereocenters. The number of pyridine rings is 1. The minimum Gasteiger partial charge on any atom is -0.469 e. The largest absolute Gasteiger partial charge is 0.469 e. The molecule has 0 bridgehead atoms. The number of nitrogens with zero attached hydrogens (tertiary/aromatic N) is 2. The second-order valence-electron chi connectivity index (χ2n) is 4.56. The number of hydrogen-bond donors (Lipinski definition) is 1. The first kappa shape index (κ1) is 14.7. The number of hydrogen-bond acceptors (Lipinski definition) is 5. The summed E-state index contributed by atoms with van der Waals surface area (Å²) in [4.78, 5) is 39.5. The fraction of sp³-hybridized carbons (Fsp3) is 0.286. The molecule has 2 aromatic rings. The van der Waals surface area contributed by atoms with E-state index in [2.05, 4.69) is 15.0 Å². The summed E-state index contributed by atoms with van der Waals surface area (Å²) in [5.41, 5.74) is -0.0690. The van der Waals surface area contributed by atoms with Crippen molar-refractivity contribution >= 4 is 17.5 Å². The number of fused-ring (bicyclic) bond motifs is 1. The quantitative estimate of drug-likeness (QED) is 0.822. The first-order valence-electron chi connectivity index (χ1n) is 6.37. The van der Waals surface area contributed by atoms with Gasteiger partial charge in [-0.1, -0.05) is 6.07 Å². The Morgan fingerprint density at radius 1 is 1.43 bits per heavy atom. The van der Waals surface area contributed by atoms with Gasteiger partial charge in [0.1, 0.15) is 11.2 Å². The van der Waals surface area contributed by atoms with Crippen LogP contribution in [0.4, 0.5) is 0 Å². The monoisotopic (exact) mass is 289 g/mol. The van der Waals surface area contributed by atoms with Crippen LogP contribution in [0.5, 0.6) is 0 Å². The van der Waals surface area contributed by atoms with E-state index in [1.54, 1.807) is 31.3 Å². The van der Waals surface area contributed by atoms with Gasteiger partial charge in [0.05, 0.1) is 13.5 Å². The van der Waals surface area contributed by atoms with E-state index >= 15 is 0 Å². The molecule has 0 aromatic carbocycles. The molecule has 0 saturated carbocycles. The maximum atomic E-state index is 12.2. The van der Waals surface area contributed by atoms with Crippen molar-refractivity contribution in [2.75, 3.05) is 7.11 Å². The Labute approximate surface area is 120 Å². The lowest BCUT2D eigenvalue weighted by molar-refractivity contribution is -0.141. The molecular formula is C14H15N3O4. The zero-order valence-corrected chi connectivity index (χ0v) is 11.7. The van der Waals surface area contributed by atoms with Gasteiger partial charge >= 0.3 is 5.97 Å². The summed E-state index contributed by atoms with van der Waals surface area (Å²) < 4.78 is 5.81. The molecule has 2 aromatic heterocycles. The minimum absolute atomic E-state index is 0.0323. The highest BCUT2D eigenvalue weighted by molar-refractivity contribution is 5.94. The molecule has 110 valence electrons. The van der Waals surface area contributed by atoms with Gasteiger partial charge in [-0.05, 0) is 19.1 Å². The molecule has 1 N–H and O–H groups in total. The SMILES string of the molecule is COC(=O)CC(C)NC(=O)c1cnc2ccccn2c1=O. The van der Waals surface area contributed by atoms with E-state index in [-0.39, 0.29) is 12.0 Å². The van der Waals surface area contributed by atoms with Crippen LogP contribution in [0.15, 0.2) is 35.4 Å². The van der Waals surface area contributed by atoms with Crippen molar-refractivity contribution in [1.82, 2.24) is 14.7 Å². The highest BCUT2D eigenvalue weighted by Crippen LogP contribution is 1.99. The first-order chi connectivity index (χ1) is 10.0. The molecular weight excluding hydrogens is 274 g/mol. The summed E-state index contributed by atoms with van der Waals surface area (Å²) in [7, 11) is 1.27. The van der Waals surface area contributed by atoms with Gasteiger partial charge < -0.3 is 10.1 Å². The van der Waals surface area contributed by atoms with Crippen LogP contribution >= 0.6 is 0 Å². The molecule has 2 heterocycles. The lowest BCUT2D eigenvalue weighted by atomic mass is 10.2. The summed E-state index contributed by atoms with van der Waals surface area (Å²) in [5, 5.41) is 2.57. The zero-order chi connectivity index (χ0) is 15.4.